The summed E-state index contributed by atoms with van der Waals surface area (Å²) in [6.45, 7) is 3.63. The Labute approximate surface area is 69.8 Å². The van der Waals surface area contributed by atoms with Crippen LogP contribution in [0.1, 0.15) is 25.7 Å². The molecule has 0 aliphatic heterocycles. The molecule has 0 radical (unpaired) electrons. The van der Waals surface area contributed by atoms with E-state index in [9.17, 15) is 0 Å². The van der Waals surface area contributed by atoms with E-state index in [1.165, 1.54) is 38.8 Å². The average molecular weight is 156 g/mol. The third-order valence-corrected chi connectivity index (χ3v) is 2.16. The van der Waals surface area contributed by atoms with Gasteiger partial charge in [0.15, 0.2) is 0 Å². The Morgan fingerprint density at radius 2 is 1.91 bits per heavy atom. The van der Waals surface area contributed by atoms with Gasteiger partial charge in [0.05, 0.1) is 0 Å². The highest BCUT2D eigenvalue weighted by Gasteiger charge is 2.19. The molecule has 1 fully saturated rings. The molecule has 1 aliphatic rings. The van der Waals surface area contributed by atoms with Crippen LogP contribution in [0.4, 0.5) is 0 Å². The second-order valence-electron chi connectivity index (χ2n) is 3.46. The third kappa shape index (κ3) is 5.22. The smallest absolute Gasteiger partial charge is 0.00205 e. The van der Waals surface area contributed by atoms with Crippen molar-refractivity contribution in [1.29, 1.82) is 0 Å². The van der Waals surface area contributed by atoms with Crippen molar-refractivity contribution in [2.45, 2.75) is 25.7 Å². The Kier molecular flexibility index (Phi) is 4.55. The van der Waals surface area contributed by atoms with Crippen molar-refractivity contribution in [3.63, 3.8) is 0 Å². The van der Waals surface area contributed by atoms with E-state index >= 15 is 0 Å². The van der Waals surface area contributed by atoms with Crippen LogP contribution in [0.2, 0.25) is 0 Å². The summed E-state index contributed by atoms with van der Waals surface area (Å²) in [7, 11) is 2.01. The van der Waals surface area contributed by atoms with Crippen molar-refractivity contribution in [2.24, 2.45) is 5.92 Å². The lowest BCUT2D eigenvalue weighted by molar-refractivity contribution is 0.584. The maximum Gasteiger partial charge on any atom is -0.00205 e. The van der Waals surface area contributed by atoms with E-state index in [1.807, 2.05) is 7.05 Å². The highest BCUT2D eigenvalue weighted by Crippen LogP contribution is 2.27. The highest BCUT2D eigenvalue weighted by atomic mass is 14.9. The van der Waals surface area contributed by atoms with Crippen molar-refractivity contribution in [1.82, 2.24) is 10.6 Å². The van der Waals surface area contributed by atoms with Gasteiger partial charge in [-0.05, 0) is 58.3 Å². The lowest BCUT2D eigenvalue weighted by atomic mass is 10.3. The summed E-state index contributed by atoms with van der Waals surface area (Å²) >= 11 is 0. The Hall–Kier alpha value is -0.0800. The predicted octanol–water partition coefficient (Wildman–Crippen LogP) is 0.986. The summed E-state index contributed by atoms with van der Waals surface area (Å²) in [4.78, 5) is 0. The van der Waals surface area contributed by atoms with Gasteiger partial charge in [0, 0.05) is 0 Å². The molecule has 11 heavy (non-hydrogen) atoms. The molecular weight excluding hydrogens is 136 g/mol. The fourth-order valence-corrected chi connectivity index (χ4v) is 1.18. The van der Waals surface area contributed by atoms with E-state index in [0.29, 0.717) is 0 Å². The molecule has 0 aromatic heterocycles. The Bertz CT molecular complexity index is 89.6. The third-order valence-electron chi connectivity index (χ3n) is 2.16. The molecule has 2 N–H and O–H groups in total. The van der Waals surface area contributed by atoms with Crippen LogP contribution < -0.4 is 10.6 Å². The molecule has 0 bridgehead atoms. The number of hydrogen-bond acceptors (Lipinski definition) is 2. The molecule has 1 rings (SSSR count). The molecule has 2 heteroatoms. The summed E-state index contributed by atoms with van der Waals surface area (Å²) in [5.74, 6) is 1.03. The zero-order valence-corrected chi connectivity index (χ0v) is 7.53. The topological polar surface area (TPSA) is 24.1 Å². The van der Waals surface area contributed by atoms with Crippen molar-refractivity contribution >= 4 is 0 Å². The first-order valence-electron chi connectivity index (χ1n) is 4.79. The summed E-state index contributed by atoms with van der Waals surface area (Å²) in [5, 5.41) is 6.63. The molecule has 2 nitrogen and oxygen atoms in total. The minimum Gasteiger partial charge on any atom is -0.320 e. The second kappa shape index (κ2) is 5.56. The predicted molar refractivity (Wildman–Crippen MR) is 48.8 cm³/mol. The molecule has 0 atom stereocenters. The molecule has 1 aliphatic carbocycles. The molecule has 0 amide bonds. The summed E-state index contributed by atoms with van der Waals surface area (Å²) < 4.78 is 0. The van der Waals surface area contributed by atoms with Crippen LogP contribution in [0.25, 0.3) is 0 Å². The number of rotatable bonds is 7. The average Bonchev–Trinajstić information content (AvgIpc) is 2.80. The molecule has 0 aromatic rings. The zero-order chi connectivity index (χ0) is 7.94. The van der Waals surface area contributed by atoms with Gasteiger partial charge in [-0.3, -0.25) is 0 Å². The van der Waals surface area contributed by atoms with E-state index in [4.69, 9.17) is 0 Å². The van der Waals surface area contributed by atoms with E-state index in [0.717, 1.165) is 12.5 Å². The molecule has 0 spiro atoms. The van der Waals surface area contributed by atoms with Gasteiger partial charge in [0.25, 0.3) is 0 Å². The minimum atomic E-state index is 1.03. The number of unbranched alkanes of at least 4 members (excludes halogenated alkanes) is 1. The van der Waals surface area contributed by atoms with E-state index in [-0.39, 0.29) is 0 Å². The van der Waals surface area contributed by atoms with Gasteiger partial charge in [-0.2, -0.15) is 0 Å². The van der Waals surface area contributed by atoms with Crippen molar-refractivity contribution in [2.75, 3.05) is 26.7 Å². The fourth-order valence-electron chi connectivity index (χ4n) is 1.18. The maximum atomic E-state index is 3.48. The molecule has 0 saturated heterocycles. The first-order valence-corrected chi connectivity index (χ1v) is 4.79. The van der Waals surface area contributed by atoms with E-state index in [2.05, 4.69) is 10.6 Å². The van der Waals surface area contributed by atoms with Crippen LogP contribution in [-0.2, 0) is 0 Å². The first-order chi connectivity index (χ1) is 5.43. The maximum absolute atomic E-state index is 3.48. The van der Waals surface area contributed by atoms with Gasteiger partial charge in [-0.15, -0.1) is 0 Å². The van der Waals surface area contributed by atoms with Crippen LogP contribution in [-0.4, -0.2) is 26.7 Å². The molecule has 66 valence electrons. The second-order valence-corrected chi connectivity index (χ2v) is 3.46. The quantitative estimate of drug-likeness (QED) is 0.537. The largest absolute Gasteiger partial charge is 0.320 e. The first kappa shape index (κ1) is 9.01. The Morgan fingerprint density at radius 1 is 1.18 bits per heavy atom. The fraction of sp³-hybridized carbons (Fsp3) is 1.00. The zero-order valence-electron chi connectivity index (χ0n) is 7.53. The summed E-state index contributed by atoms with van der Waals surface area (Å²) in [6, 6.07) is 0. The van der Waals surface area contributed by atoms with Crippen molar-refractivity contribution in [3.05, 3.63) is 0 Å². The standard InChI is InChI=1S/C9H20N2/c1-10-6-2-3-7-11-8-9-4-5-9/h9-11H,2-8H2,1H3. The van der Waals surface area contributed by atoms with Gasteiger partial charge < -0.3 is 10.6 Å². The highest BCUT2D eigenvalue weighted by molar-refractivity contribution is 4.74. The van der Waals surface area contributed by atoms with Gasteiger partial charge in [-0.1, -0.05) is 0 Å². The number of hydrogen-bond donors (Lipinski definition) is 2. The molecule has 1 saturated carbocycles. The lowest BCUT2D eigenvalue weighted by Gasteiger charge is -2.02. The van der Waals surface area contributed by atoms with Crippen LogP contribution in [0, 0.1) is 5.92 Å². The number of nitrogens with one attached hydrogen (secondary N) is 2. The summed E-state index contributed by atoms with van der Waals surface area (Å²) in [6.07, 6.45) is 5.54. The van der Waals surface area contributed by atoms with Crippen LogP contribution >= 0.6 is 0 Å². The van der Waals surface area contributed by atoms with Crippen molar-refractivity contribution < 1.29 is 0 Å². The van der Waals surface area contributed by atoms with Crippen LogP contribution in [0.3, 0.4) is 0 Å². The monoisotopic (exact) mass is 156 g/mol. The Balaban J connectivity index is 1.66. The van der Waals surface area contributed by atoms with Crippen LogP contribution in [0.5, 0.6) is 0 Å². The Morgan fingerprint density at radius 3 is 2.55 bits per heavy atom. The SMILES string of the molecule is CNCCCCNCC1CC1. The van der Waals surface area contributed by atoms with Gasteiger partial charge in [-0.25, -0.2) is 0 Å². The van der Waals surface area contributed by atoms with Crippen LogP contribution in [0.15, 0.2) is 0 Å². The summed E-state index contributed by atoms with van der Waals surface area (Å²) in [5.41, 5.74) is 0. The normalized spacial score (nSPS) is 17.2. The molecule has 0 heterocycles. The van der Waals surface area contributed by atoms with E-state index < -0.39 is 0 Å². The van der Waals surface area contributed by atoms with Gasteiger partial charge in [0.1, 0.15) is 0 Å². The van der Waals surface area contributed by atoms with Crippen molar-refractivity contribution in [3.8, 4) is 0 Å². The molecule has 0 aromatic carbocycles. The van der Waals surface area contributed by atoms with Gasteiger partial charge in [0.2, 0.25) is 0 Å². The molecular formula is C9H20N2. The molecule has 0 unspecified atom stereocenters. The van der Waals surface area contributed by atoms with E-state index in [1.54, 1.807) is 0 Å². The minimum absolute atomic E-state index is 1.03. The van der Waals surface area contributed by atoms with Gasteiger partial charge >= 0.3 is 0 Å². The lowest BCUT2D eigenvalue weighted by Crippen LogP contribution is -2.19.